The van der Waals surface area contributed by atoms with Crippen LogP contribution in [0.15, 0.2) is 41.8 Å². The summed E-state index contributed by atoms with van der Waals surface area (Å²) in [6, 6.07) is 12.1. The highest BCUT2D eigenvalue weighted by molar-refractivity contribution is 7.11. The molecule has 1 aliphatic heterocycles. The molecule has 4 rings (SSSR count). The van der Waals surface area contributed by atoms with E-state index in [0.29, 0.717) is 17.4 Å². The summed E-state index contributed by atoms with van der Waals surface area (Å²) in [5, 5.41) is 6.89. The maximum Gasteiger partial charge on any atom is 0.189 e. The third-order valence-corrected chi connectivity index (χ3v) is 5.36. The molecule has 2 aromatic carbocycles. The van der Waals surface area contributed by atoms with Crippen molar-refractivity contribution in [3.05, 3.63) is 68.5 Å². The molecule has 0 saturated heterocycles. The Hall–Kier alpha value is -2.34. The van der Waals surface area contributed by atoms with Crippen molar-refractivity contribution >= 4 is 46.1 Å². The van der Waals surface area contributed by atoms with Crippen molar-refractivity contribution in [2.75, 3.05) is 18.7 Å². The fourth-order valence-corrected chi connectivity index (χ4v) is 4.06. The number of thiazole rings is 1. The smallest absolute Gasteiger partial charge is 0.189 e. The molecule has 0 saturated carbocycles. The first kappa shape index (κ1) is 18.0. The Morgan fingerprint density at radius 2 is 1.96 bits per heavy atom. The van der Waals surface area contributed by atoms with Crippen molar-refractivity contribution in [1.82, 2.24) is 4.98 Å². The number of nitrogens with zero attached hydrogens (tertiary/aromatic N) is 1. The largest absolute Gasteiger partial charge is 0.465 e. The zero-order valence-electron chi connectivity index (χ0n) is 15.1. The van der Waals surface area contributed by atoms with E-state index >= 15 is 0 Å². The SMILES string of the molecule is Cc1cc(C)cc(Nc2csc(C3=Cc4cccc(Cl)c4OCOC3)n2)c1. The minimum Gasteiger partial charge on any atom is -0.465 e. The summed E-state index contributed by atoms with van der Waals surface area (Å²) >= 11 is 7.83. The lowest BCUT2D eigenvalue weighted by Crippen LogP contribution is -2.09. The fraction of sp³-hybridized carbons (Fsp3) is 0.190. The lowest BCUT2D eigenvalue weighted by atomic mass is 10.1. The van der Waals surface area contributed by atoms with Gasteiger partial charge < -0.3 is 14.8 Å². The second-order valence-corrected chi connectivity index (χ2v) is 7.74. The standard InChI is InChI=1S/C21H19ClN2O2S/c1-13-6-14(2)8-17(7-13)23-19-11-27-21(24-19)16-9-15-4-3-5-18(22)20(15)26-12-25-10-16/h3-9,11,23H,10,12H2,1-2H3. The van der Waals surface area contributed by atoms with Crippen LogP contribution >= 0.6 is 22.9 Å². The summed E-state index contributed by atoms with van der Waals surface area (Å²) in [5.41, 5.74) is 5.41. The van der Waals surface area contributed by atoms with E-state index in [1.165, 1.54) is 11.1 Å². The van der Waals surface area contributed by atoms with Crippen molar-refractivity contribution < 1.29 is 9.47 Å². The molecule has 2 heterocycles. The highest BCUT2D eigenvalue weighted by atomic mass is 35.5. The Balaban J connectivity index is 1.63. The van der Waals surface area contributed by atoms with Crippen molar-refractivity contribution in [3.8, 4) is 5.75 Å². The van der Waals surface area contributed by atoms with Gasteiger partial charge in [-0.25, -0.2) is 4.98 Å². The molecular weight excluding hydrogens is 380 g/mol. The Morgan fingerprint density at radius 1 is 1.15 bits per heavy atom. The van der Waals surface area contributed by atoms with Crippen molar-refractivity contribution in [2.45, 2.75) is 13.8 Å². The molecule has 0 aliphatic carbocycles. The van der Waals surface area contributed by atoms with Gasteiger partial charge in [0, 0.05) is 22.2 Å². The van der Waals surface area contributed by atoms with Crippen molar-refractivity contribution in [3.63, 3.8) is 0 Å². The minimum absolute atomic E-state index is 0.160. The Morgan fingerprint density at radius 3 is 2.78 bits per heavy atom. The third kappa shape index (κ3) is 4.16. The second-order valence-electron chi connectivity index (χ2n) is 6.48. The normalized spacial score (nSPS) is 13.8. The summed E-state index contributed by atoms with van der Waals surface area (Å²) in [4.78, 5) is 4.74. The van der Waals surface area contributed by atoms with E-state index < -0.39 is 0 Å². The first-order valence-electron chi connectivity index (χ1n) is 8.59. The zero-order valence-corrected chi connectivity index (χ0v) is 16.7. The van der Waals surface area contributed by atoms with Gasteiger partial charge in [-0.3, -0.25) is 0 Å². The summed E-state index contributed by atoms with van der Waals surface area (Å²) in [6.45, 7) is 4.77. The number of halogens is 1. The van der Waals surface area contributed by atoms with Crippen LogP contribution in [0.25, 0.3) is 11.6 Å². The van der Waals surface area contributed by atoms with Crippen molar-refractivity contribution in [1.29, 1.82) is 0 Å². The Labute approximate surface area is 167 Å². The maximum atomic E-state index is 6.25. The van der Waals surface area contributed by atoms with Gasteiger partial charge in [-0.1, -0.05) is 29.8 Å². The summed E-state index contributed by atoms with van der Waals surface area (Å²) in [6.07, 6.45) is 2.03. The number of nitrogens with one attached hydrogen (secondary N) is 1. The molecule has 1 aromatic heterocycles. The van der Waals surface area contributed by atoms with Crippen LogP contribution in [0.2, 0.25) is 5.02 Å². The van der Waals surface area contributed by atoms with Crippen LogP contribution in [0.4, 0.5) is 11.5 Å². The molecule has 0 amide bonds. The molecule has 0 radical (unpaired) electrons. The second kappa shape index (κ2) is 7.72. The number of para-hydroxylation sites is 1. The maximum absolute atomic E-state index is 6.25. The van der Waals surface area contributed by atoms with Crippen LogP contribution < -0.4 is 10.1 Å². The van der Waals surface area contributed by atoms with Crippen molar-refractivity contribution in [2.24, 2.45) is 0 Å². The van der Waals surface area contributed by atoms with Crippen LogP contribution in [0, 0.1) is 13.8 Å². The monoisotopic (exact) mass is 398 g/mol. The summed E-state index contributed by atoms with van der Waals surface area (Å²) in [7, 11) is 0. The molecule has 0 spiro atoms. The highest BCUT2D eigenvalue weighted by Crippen LogP contribution is 2.34. The third-order valence-electron chi connectivity index (χ3n) is 4.14. The van der Waals surface area contributed by atoms with E-state index in [9.17, 15) is 0 Å². The van der Waals surface area contributed by atoms with E-state index in [2.05, 4.69) is 37.4 Å². The molecule has 27 heavy (non-hydrogen) atoms. The minimum atomic E-state index is 0.160. The predicted molar refractivity (Wildman–Crippen MR) is 112 cm³/mol. The number of aryl methyl sites for hydroxylation is 2. The number of ether oxygens (including phenoxy) is 2. The Kier molecular flexibility index (Phi) is 5.16. The van der Waals surface area contributed by atoms with Gasteiger partial charge >= 0.3 is 0 Å². The summed E-state index contributed by atoms with van der Waals surface area (Å²) in [5.74, 6) is 1.46. The quantitative estimate of drug-likeness (QED) is 0.582. The van der Waals surface area contributed by atoms with Gasteiger partial charge in [0.25, 0.3) is 0 Å². The fourth-order valence-electron chi connectivity index (χ4n) is 3.07. The van der Waals surface area contributed by atoms with Crippen LogP contribution in [-0.4, -0.2) is 18.4 Å². The first-order chi connectivity index (χ1) is 13.1. The highest BCUT2D eigenvalue weighted by Gasteiger charge is 2.15. The van der Waals surface area contributed by atoms with Gasteiger partial charge in [0.2, 0.25) is 0 Å². The number of fused-ring (bicyclic) bond motifs is 1. The molecule has 4 nitrogen and oxygen atoms in total. The topological polar surface area (TPSA) is 43.4 Å². The van der Waals surface area contributed by atoms with E-state index in [0.717, 1.165) is 27.6 Å². The summed E-state index contributed by atoms with van der Waals surface area (Å²) < 4.78 is 11.2. The van der Waals surface area contributed by atoms with E-state index in [4.69, 9.17) is 26.1 Å². The molecule has 1 N–H and O–H groups in total. The molecule has 0 unspecified atom stereocenters. The van der Waals surface area contributed by atoms with Gasteiger partial charge in [-0.2, -0.15) is 0 Å². The van der Waals surface area contributed by atoms with Crippen LogP contribution in [0.1, 0.15) is 21.7 Å². The van der Waals surface area contributed by atoms with Gasteiger partial charge in [0.15, 0.2) is 6.79 Å². The number of anilines is 2. The molecule has 1 aliphatic rings. The average Bonchev–Trinajstić information content (AvgIpc) is 3.03. The number of aromatic nitrogens is 1. The predicted octanol–water partition coefficient (Wildman–Crippen LogP) is 6.06. The van der Waals surface area contributed by atoms with E-state index in [-0.39, 0.29) is 6.79 Å². The molecule has 3 aromatic rings. The first-order valence-corrected chi connectivity index (χ1v) is 9.85. The molecule has 6 heteroatoms. The molecule has 0 fully saturated rings. The van der Waals surface area contributed by atoms with Gasteiger partial charge in [-0.05, 0) is 49.2 Å². The average molecular weight is 399 g/mol. The van der Waals surface area contributed by atoms with Gasteiger partial charge in [0.1, 0.15) is 16.6 Å². The number of hydrogen-bond acceptors (Lipinski definition) is 5. The molecule has 138 valence electrons. The molecule has 0 atom stereocenters. The molecule has 0 bridgehead atoms. The van der Waals surface area contributed by atoms with Gasteiger partial charge in [-0.15, -0.1) is 11.3 Å². The lowest BCUT2D eigenvalue weighted by molar-refractivity contribution is 0.0325. The zero-order chi connectivity index (χ0) is 18.8. The van der Waals surface area contributed by atoms with Crippen LogP contribution in [0.3, 0.4) is 0 Å². The number of benzene rings is 2. The molecular formula is C21H19ClN2O2S. The van der Waals surface area contributed by atoms with Gasteiger partial charge in [0.05, 0.1) is 11.6 Å². The van der Waals surface area contributed by atoms with Crippen LogP contribution in [-0.2, 0) is 4.74 Å². The lowest BCUT2D eigenvalue weighted by Gasteiger charge is -2.16. The van der Waals surface area contributed by atoms with Crippen LogP contribution in [0.5, 0.6) is 5.75 Å². The van der Waals surface area contributed by atoms with E-state index in [1.807, 2.05) is 29.7 Å². The van der Waals surface area contributed by atoms with E-state index in [1.54, 1.807) is 11.3 Å². The Bertz CT molecular complexity index is 993. The number of hydrogen-bond donors (Lipinski definition) is 1. The number of rotatable bonds is 3.